The first-order valence-corrected chi connectivity index (χ1v) is 6.71. The SMILES string of the molecule is COc1cccc(NC(=O)C2CC3CCC2C3)c1. The van der Waals surface area contributed by atoms with Crippen LogP contribution in [0.3, 0.4) is 0 Å². The van der Waals surface area contributed by atoms with Gasteiger partial charge in [0.2, 0.25) is 5.91 Å². The minimum absolute atomic E-state index is 0.190. The monoisotopic (exact) mass is 245 g/mol. The van der Waals surface area contributed by atoms with Gasteiger partial charge in [0.15, 0.2) is 0 Å². The fraction of sp³-hybridized carbons (Fsp3) is 0.533. The van der Waals surface area contributed by atoms with E-state index in [0.29, 0.717) is 5.92 Å². The van der Waals surface area contributed by atoms with Crippen LogP contribution in [-0.4, -0.2) is 13.0 Å². The van der Waals surface area contributed by atoms with E-state index in [2.05, 4.69) is 5.32 Å². The number of rotatable bonds is 3. The molecule has 2 aliphatic carbocycles. The van der Waals surface area contributed by atoms with Crippen molar-refractivity contribution in [3.63, 3.8) is 0 Å². The van der Waals surface area contributed by atoms with Gasteiger partial charge in [-0.25, -0.2) is 0 Å². The number of carbonyl (C=O) groups is 1. The molecule has 3 unspecified atom stereocenters. The zero-order chi connectivity index (χ0) is 12.5. The molecule has 2 fully saturated rings. The second-order valence-corrected chi connectivity index (χ2v) is 5.50. The molecule has 0 spiro atoms. The zero-order valence-electron chi connectivity index (χ0n) is 10.7. The summed E-state index contributed by atoms with van der Waals surface area (Å²) in [6.45, 7) is 0. The number of amides is 1. The van der Waals surface area contributed by atoms with Crippen LogP contribution in [0.5, 0.6) is 5.75 Å². The predicted molar refractivity (Wildman–Crippen MR) is 70.6 cm³/mol. The van der Waals surface area contributed by atoms with E-state index in [-0.39, 0.29) is 11.8 Å². The molecule has 1 aromatic rings. The van der Waals surface area contributed by atoms with Crippen molar-refractivity contribution in [2.24, 2.45) is 17.8 Å². The van der Waals surface area contributed by atoms with E-state index in [4.69, 9.17) is 4.74 Å². The van der Waals surface area contributed by atoms with Gasteiger partial charge in [-0.3, -0.25) is 4.79 Å². The molecule has 0 radical (unpaired) electrons. The van der Waals surface area contributed by atoms with E-state index in [0.717, 1.165) is 23.8 Å². The standard InChI is InChI=1S/C15H19NO2/c1-18-13-4-2-3-12(9-13)16-15(17)14-8-10-5-6-11(14)7-10/h2-4,9-11,14H,5-8H2,1H3,(H,16,17). The Morgan fingerprint density at radius 3 is 2.89 bits per heavy atom. The summed E-state index contributed by atoms with van der Waals surface area (Å²) in [4.78, 5) is 12.3. The highest BCUT2D eigenvalue weighted by Crippen LogP contribution is 2.48. The molecule has 18 heavy (non-hydrogen) atoms. The number of hydrogen-bond acceptors (Lipinski definition) is 2. The Hall–Kier alpha value is -1.51. The van der Waals surface area contributed by atoms with Gasteiger partial charge in [0, 0.05) is 17.7 Å². The Morgan fingerprint density at radius 2 is 2.22 bits per heavy atom. The van der Waals surface area contributed by atoms with Gasteiger partial charge in [-0.2, -0.15) is 0 Å². The third kappa shape index (κ3) is 2.09. The average Bonchev–Trinajstić information content (AvgIpc) is 3.01. The lowest BCUT2D eigenvalue weighted by molar-refractivity contribution is -0.121. The van der Waals surface area contributed by atoms with Gasteiger partial charge in [-0.05, 0) is 43.2 Å². The van der Waals surface area contributed by atoms with Crippen LogP contribution in [0.15, 0.2) is 24.3 Å². The summed E-state index contributed by atoms with van der Waals surface area (Å²) in [6, 6.07) is 7.56. The summed E-state index contributed by atoms with van der Waals surface area (Å²) in [7, 11) is 1.64. The van der Waals surface area contributed by atoms with E-state index in [1.165, 1.54) is 19.3 Å². The van der Waals surface area contributed by atoms with E-state index in [9.17, 15) is 4.79 Å². The first-order valence-electron chi connectivity index (χ1n) is 6.71. The Labute approximate surface area is 108 Å². The topological polar surface area (TPSA) is 38.3 Å². The maximum atomic E-state index is 12.3. The molecule has 1 amide bonds. The van der Waals surface area contributed by atoms with Gasteiger partial charge in [0.25, 0.3) is 0 Å². The molecule has 3 heteroatoms. The van der Waals surface area contributed by atoms with Crippen LogP contribution in [0.1, 0.15) is 25.7 Å². The van der Waals surface area contributed by atoms with Crippen molar-refractivity contribution in [3.8, 4) is 5.75 Å². The van der Waals surface area contributed by atoms with Gasteiger partial charge < -0.3 is 10.1 Å². The molecule has 96 valence electrons. The molecule has 3 rings (SSSR count). The Balaban J connectivity index is 1.67. The summed E-state index contributed by atoms with van der Waals surface area (Å²) in [5, 5.41) is 3.02. The highest BCUT2D eigenvalue weighted by Gasteiger charge is 2.42. The molecule has 0 aromatic heterocycles. The number of anilines is 1. The third-order valence-electron chi connectivity index (χ3n) is 4.41. The van der Waals surface area contributed by atoms with Gasteiger partial charge in [0.05, 0.1) is 7.11 Å². The van der Waals surface area contributed by atoms with Crippen molar-refractivity contribution in [1.29, 1.82) is 0 Å². The van der Waals surface area contributed by atoms with Crippen molar-refractivity contribution < 1.29 is 9.53 Å². The second kappa shape index (κ2) is 4.63. The molecule has 0 saturated heterocycles. The molecule has 3 nitrogen and oxygen atoms in total. The van der Waals surface area contributed by atoms with E-state index < -0.39 is 0 Å². The lowest BCUT2D eigenvalue weighted by Crippen LogP contribution is -2.27. The van der Waals surface area contributed by atoms with Crippen LogP contribution in [-0.2, 0) is 4.79 Å². The minimum atomic E-state index is 0.190. The normalized spacial score (nSPS) is 29.3. The summed E-state index contributed by atoms with van der Waals surface area (Å²) < 4.78 is 5.16. The molecule has 1 aromatic carbocycles. The number of ether oxygens (including phenoxy) is 1. The maximum absolute atomic E-state index is 12.3. The van der Waals surface area contributed by atoms with Gasteiger partial charge in [0.1, 0.15) is 5.75 Å². The van der Waals surface area contributed by atoms with Crippen molar-refractivity contribution >= 4 is 11.6 Å². The van der Waals surface area contributed by atoms with E-state index >= 15 is 0 Å². The molecule has 2 bridgehead atoms. The van der Waals surface area contributed by atoms with Gasteiger partial charge in [-0.15, -0.1) is 0 Å². The quantitative estimate of drug-likeness (QED) is 0.888. The minimum Gasteiger partial charge on any atom is -0.497 e. The van der Waals surface area contributed by atoms with E-state index in [1.54, 1.807) is 7.11 Å². The van der Waals surface area contributed by atoms with Crippen molar-refractivity contribution in [2.75, 3.05) is 12.4 Å². The molecule has 3 atom stereocenters. The first-order chi connectivity index (χ1) is 8.76. The summed E-state index contributed by atoms with van der Waals surface area (Å²) in [5.74, 6) is 2.63. The number of hydrogen-bond donors (Lipinski definition) is 1. The fourth-order valence-corrected chi connectivity index (χ4v) is 3.50. The molecular weight excluding hydrogens is 226 g/mol. The highest BCUT2D eigenvalue weighted by molar-refractivity contribution is 5.93. The summed E-state index contributed by atoms with van der Waals surface area (Å²) in [5.41, 5.74) is 0.835. The van der Waals surface area contributed by atoms with E-state index in [1.807, 2.05) is 24.3 Å². The average molecular weight is 245 g/mol. The Kier molecular flexibility index (Phi) is 2.98. The third-order valence-corrected chi connectivity index (χ3v) is 4.41. The number of nitrogens with one attached hydrogen (secondary N) is 1. The molecule has 1 N–H and O–H groups in total. The van der Waals surface area contributed by atoms with Crippen LogP contribution < -0.4 is 10.1 Å². The maximum Gasteiger partial charge on any atom is 0.227 e. The molecular formula is C15H19NO2. The number of fused-ring (bicyclic) bond motifs is 2. The Bertz CT molecular complexity index is 458. The smallest absolute Gasteiger partial charge is 0.227 e. The summed E-state index contributed by atoms with van der Waals surface area (Å²) >= 11 is 0. The molecule has 2 aliphatic rings. The summed E-state index contributed by atoms with van der Waals surface area (Å²) in [6.07, 6.45) is 4.91. The number of benzene rings is 1. The fourth-order valence-electron chi connectivity index (χ4n) is 3.50. The molecule has 0 aliphatic heterocycles. The van der Waals surface area contributed by atoms with Crippen LogP contribution in [0.25, 0.3) is 0 Å². The second-order valence-electron chi connectivity index (χ2n) is 5.50. The van der Waals surface area contributed by atoms with Crippen molar-refractivity contribution in [3.05, 3.63) is 24.3 Å². The number of carbonyl (C=O) groups excluding carboxylic acids is 1. The van der Waals surface area contributed by atoms with Crippen molar-refractivity contribution in [2.45, 2.75) is 25.7 Å². The largest absolute Gasteiger partial charge is 0.497 e. The van der Waals surface area contributed by atoms with Crippen molar-refractivity contribution in [1.82, 2.24) is 0 Å². The molecule has 0 heterocycles. The van der Waals surface area contributed by atoms with Gasteiger partial charge >= 0.3 is 0 Å². The highest BCUT2D eigenvalue weighted by atomic mass is 16.5. The van der Waals surface area contributed by atoms with Gasteiger partial charge in [-0.1, -0.05) is 12.5 Å². The lowest BCUT2D eigenvalue weighted by atomic mass is 9.88. The lowest BCUT2D eigenvalue weighted by Gasteiger charge is -2.20. The van der Waals surface area contributed by atoms with Crippen LogP contribution >= 0.6 is 0 Å². The van der Waals surface area contributed by atoms with Crippen LogP contribution in [0.4, 0.5) is 5.69 Å². The number of methoxy groups -OCH3 is 1. The first kappa shape index (κ1) is 11.6. The molecule has 2 saturated carbocycles. The van der Waals surface area contributed by atoms with Crippen LogP contribution in [0, 0.1) is 17.8 Å². The van der Waals surface area contributed by atoms with Crippen LogP contribution in [0.2, 0.25) is 0 Å². The zero-order valence-corrected chi connectivity index (χ0v) is 10.7. The predicted octanol–water partition coefficient (Wildman–Crippen LogP) is 3.07. The Morgan fingerprint density at radius 1 is 1.33 bits per heavy atom.